The van der Waals surface area contributed by atoms with Crippen LogP contribution in [-0.2, 0) is 0 Å². The fourth-order valence-electron chi connectivity index (χ4n) is 3.77. The molecule has 1 aromatic carbocycles. The van der Waals surface area contributed by atoms with Gasteiger partial charge in [0, 0.05) is 46.3 Å². The van der Waals surface area contributed by atoms with Crippen LogP contribution in [0.2, 0.25) is 5.02 Å². The zero-order valence-electron chi connectivity index (χ0n) is 15.3. The lowest BCUT2D eigenvalue weighted by molar-refractivity contribution is 0.261. The van der Waals surface area contributed by atoms with Gasteiger partial charge in [-0.25, -0.2) is 4.39 Å². The van der Waals surface area contributed by atoms with Gasteiger partial charge in [-0.15, -0.1) is 10.2 Å². The highest BCUT2D eigenvalue weighted by molar-refractivity contribution is 6.30. The maximum atomic E-state index is 14.7. The van der Waals surface area contributed by atoms with Crippen LogP contribution in [0.4, 0.5) is 10.2 Å². The van der Waals surface area contributed by atoms with Crippen molar-refractivity contribution in [1.82, 2.24) is 20.1 Å². The minimum atomic E-state index is -0.401. The van der Waals surface area contributed by atoms with Crippen molar-refractivity contribution in [3.05, 3.63) is 47.0 Å². The molecule has 2 aromatic heterocycles. The second kappa shape index (κ2) is 7.37. The first-order valence-electron chi connectivity index (χ1n) is 9.04. The number of pyridine rings is 1. The van der Waals surface area contributed by atoms with Crippen molar-refractivity contribution in [3.63, 3.8) is 0 Å². The van der Waals surface area contributed by atoms with Gasteiger partial charge >= 0.3 is 0 Å². The van der Waals surface area contributed by atoms with Crippen LogP contribution < -0.4 is 5.32 Å². The van der Waals surface area contributed by atoms with Gasteiger partial charge in [0.1, 0.15) is 11.5 Å². The molecule has 1 aliphatic rings. The molecule has 0 unspecified atom stereocenters. The zero-order chi connectivity index (χ0) is 19.0. The summed E-state index contributed by atoms with van der Waals surface area (Å²) < 4.78 is 14.7. The molecule has 5 nitrogen and oxygen atoms in total. The Balaban J connectivity index is 1.79. The molecule has 1 N–H and O–H groups in total. The maximum Gasteiger partial charge on any atom is 0.158 e. The molecule has 7 heteroatoms. The Hall–Kier alpha value is -2.31. The van der Waals surface area contributed by atoms with Crippen molar-refractivity contribution >= 4 is 28.2 Å². The summed E-state index contributed by atoms with van der Waals surface area (Å²) in [6.07, 6.45) is 5.67. The van der Waals surface area contributed by atoms with Crippen LogP contribution in [0.15, 0.2) is 30.6 Å². The first kappa shape index (κ1) is 18.1. The Labute approximate surface area is 162 Å². The Morgan fingerprint density at radius 3 is 2.89 bits per heavy atom. The Morgan fingerprint density at radius 2 is 2.11 bits per heavy atom. The number of nitrogens with zero attached hydrogens (tertiary/aromatic N) is 4. The quantitative estimate of drug-likeness (QED) is 0.728. The number of hydrogen-bond donors (Lipinski definition) is 1. The predicted molar refractivity (Wildman–Crippen MR) is 107 cm³/mol. The van der Waals surface area contributed by atoms with Crippen LogP contribution in [0.3, 0.4) is 0 Å². The third kappa shape index (κ3) is 3.59. The van der Waals surface area contributed by atoms with Crippen LogP contribution >= 0.6 is 11.6 Å². The summed E-state index contributed by atoms with van der Waals surface area (Å²) in [6.45, 7) is 3.89. The van der Waals surface area contributed by atoms with Crippen LogP contribution in [0.25, 0.3) is 22.0 Å². The van der Waals surface area contributed by atoms with E-state index in [4.69, 9.17) is 11.6 Å². The number of halogens is 2. The molecule has 0 amide bonds. The van der Waals surface area contributed by atoms with E-state index in [-0.39, 0.29) is 0 Å². The SMILES string of the molecule is Cc1cc(Cl)cc(F)c1-c1nnc(N[C@@H]2CCCN(C)C2)c2cnccc12. The van der Waals surface area contributed by atoms with Crippen molar-refractivity contribution in [2.45, 2.75) is 25.8 Å². The average molecular weight is 386 g/mol. The van der Waals surface area contributed by atoms with E-state index in [0.29, 0.717) is 28.1 Å². The maximum absolute atomic E-state index is 14.7. The van der Waals surface area contributed by atoms with Crippen LogP contribution in [0.5, 0.6) is 0 Å². The van der Waals surface area contributed by atoms with Gasteiger partial charge in [-0.05, 0) is 57.1 Å². The monoisotopic (exact) mass is 385 g/mol. The molecule has 3 aromatic rings. The van der Waals surface area contributed by atoms with E-state index in [2.05, 4.69) is 32.4 Å². The van der Waals surface area contributed by atoms with Crippen molar-refractivity contribution in [2.75, 3.05) is 25.5 Å². The van der Waals surface area contributed by atoms with E-state index in [1.54, 1.807) is 18.5 Å². The second-order valence-corrected chi connectivity index (χ2v) is 7.58. The van der Waals surface area contributed by atoms with Crippen molar-refractivity contribution in [2.24, 2.45) is 0 Å². The number of fused-ring (bicyclic) bond motifs is 1. The molecule has 27 heavy (non-hydrogen) atoms. The van der Waals surface area contributed by atoms with Crippen LogP contribution in [0.1, 0.15) is 18.4 Å². The van der Waals surface area contributed by atoms with E-state index in [1.165, 1.54) is 6.07 Å². The van der Waals surface area contributed by atoms with Gasteiger partial charge < -0.3 is 10.2 Å². The molecule has 0 spiro atoms. The number of hydrogen-bond acceptors (Lipinski definition) is 5. The van der Waals surface area contributed by atoms with Gasteiger partial charge in [0.15, 0.2) is 5.82 Å². The standard InChI is InChI=1S/C20H21ClFN5/c1-12-8-13(21)9-17(22)18(12)19-15-5-6-23-10-16(15)20(26-25-19)24-14-4-3-7-27(2)11-14/h5-6,8-10,14H,3-4,7,11H2,1-2H3,(H,24,26)/t14-/m1/s1. The Morgan fingerprint density at radius 1 is 1.26 bits per heavy atom. The zero-order valence-corrected chi connectivity index (χ0v) is 16.1. The number of aromatic nitrogens is 3. The summed E-state index contributed by atoms with van der Waals surface area (Å²) in [7, 11) is 2.12. The fourth-order valence-corrected chi connectivity index (χ4v) is 4.03. The minimum absolute atomic E-state index is 0.307. The molecule has 1 atom stereocenters. The minimum Gasteiger partial charge on any atom is -0.364 e. The molecule has 1 saturated heterocycles. The number of aryl methyl sites for hydroxylation is 1. The van der Waals surface area contributed by atoms with Crippen LogP contribution in [-0.4, -0.2) is 46.3 Å². The lowest BCUT2D eigenvalue weighted by Gasteiger charge is -2.30. The van der Waals surface area contributed by atoms with Gasteiger partial charge in [-0.2, -0.15) is 0 Å². The van der Waals surface area contributed by atoms with E-state index >= 15 is 0 Å². The molecule has 1 aliphatic heterocycles. The second-order valence-electron chi connectivity index (χ2n) is 7.14. The van der Waals surface area contributed by atoms with E-state index < -0.39 is 5.82 Å². The highest BCUT2D eigenvalue weighted by Crippen LogP contribution is 2.34. The highest BCUT2D eigenvalue weighted by Gasteiger charge is 2.21. The molecular weight excluding hydrogens is 365 g/mol. The number of rotatable bonds is 3. The van der Waals surface area contributed by atoms with Gasteiger partial charge in [-0.1, -0.05) is 11.6 Å². The molecule has 0 saturated carbocycles. The number of piperidine rings is 1. The van der Waals surface area contributed by atoms with Gasteiger partial charge in [0.2, 0.25) is 0 Å². The molecule has 0 aliphatic carbocycles. The predicted octanol–water partition coefficient (Wildman–Crippen LogP) is 4.30. The van der Waals surface area contributed by atoms with E-state index in [0.717, 1.165) is 42.3 Å². The van der Waals surface area contributed by atoms with Crippen molar-refractivity contribution < 1.29 is 4.39 Å². The summed E-state index contributed by atoms with van der Waals surface area (Å²) in [5, 5.41) is 14.3. The molecule has 3 heterocycles. The smallest absolute Gasteiger partial charge is 0.158 e. The fraction of sp³-hybridized carbons (Fsp3) is 0.350. The normalized spacial score (nSPS) is 18.0. The first-order valence-corrected chi connectivity index (χ1v) is 9.42. The average Bonchev–Trinajstić information content (AvgIpc) is 2.62. The lowest BCUT2D eigenvalue weighted by atomic mass is 10.0. The summed E-state index contributed by atoms with van der Waals surface area (Å²) in [6, 6.07) is 5.20. The summed E-state index contributed by atoms with van der Waals surface area (Å²) >= 11 is 5.97. The molecule has 1 fully saturated rings. The highest BCUT2D eigenvalue weighted by atomic mass is 35.5. The largest absolute Gasteiger partial charge is 0.364 e. The molecule has 0 radical (unpaired) electrons. The third-order valence-electron chi connectivity index (χ3n) is 5.04. The number of anilines is 1. The van der Waals surface area contributed by atoms with Crippen molar-refractivity contribution in [1.29, 1.82) is 0 Å². The molecule has 4 rings (SSSR count). The van der Waals surface area contributed by atoms with E-state index in [1.807, 2.05) is 13.0 Å². The summed E-state index contributed by atoms with van der Waals surface area (Å²) in [5.41, 5.74) is 1.65. The number of benzene rings is 1. The number of likely N-dealkylation sites (tertiary alicyclic amines) is 1. The molecular formula is C20H21ClFN5. The van der Waals surface area contributed by atoms with Crippen molar-refractivity contribution in [3.8, 4) is 11.3 Å². The lowest BCUT2D eigenvalue weighted by Crippen LogP contribution is -2.40. The van der Waals surface area contributed by atoms with Crippen LogP contribution in [0, 0.1) is 12.7 Å². The van der Waals surface area contributed by atoms with Gasteiger partial charge in [0.25, 0.3) is 0 Å². The summed E-state index contributed by atoms with van der Waals surface area (Å²) in [4.78, 5) is 6.54. The summed E-state index contributed by atoms with van der Waals surface area (Å²) in [5.74, 6) is 0.288. The molecule has 140 valence electrons. The van der Waals surface area contributed by atoms with Gasteiger partial charge in [0.05, 0.1) is 0 Å². The Kier molecular flexibility index (Phi) is 4.93. The Bertz CT molecular complexity index is 970. The van der Waals surface area contributed by atoms with Gasteiger partial charge in [-0.3, -0.25) is 4.98 Å². The molecule has 0 bridgehead atoms. The third-order valence-corrected chi connectivity index (χ3v) is 5.25. The topological polar surface area (TPSA) is 53.9 Å². The first-order chi connectivity index (χ1) is 13.0. The van der Waals surface area contributed by atoms with E-state index in [9.17, 15) is 4.39 Å². The number of likely N-dealkylation sites (N-methyl/N-ethyl adjacent to an activating group) is 1. The number of nitrogens with one attached hydrogen (secondary N) is 1.